The maximum absolute atomic E-state index is 13.9. The van der Waals surface area contributed by atoms with E-state index < -0.39 is 11.7 Å². The number of methoxy groups -OCH3 is 1. The maximum Gasteiger partial charge on any atom is 0.272 e. The number of nitrogens with one attached hydrogen (secondary N) is 3. The van der Waals surface area contributed by atoms with E-state index in [1.54, 1.807) is 0 Å². The minimum absolute atomic E-state index is 0.110. The quantitative estimate of drug-likeness (QED) is 0.576. The van der Waals surface area contributed by atoms with Crippen LogP contribution in [0.4, 0.5) is 10.1 Å². The Balaban J connectivity index is 2.00. The molecule has 0 aliphatic rings. The predicted octanol–water partition coefficient (Wildman–Crippen LogP) is 3.34. The van der Waals surface area contributed by atoms with Crippen molar-refractivity contribution in [2.24, 2.45) is 0 Å². The van der Waals surface area contributed by atoms with E-state index in [9.17, 15) is 9.18 Å². The molecule has 0 aliphatic carbocycles. The molecule has 7 heteroatoms. The molecule has 0 bridgehead atoms. The maximum atomic E-state index is 13.9. The van der Waals surface area contributed by atoms with Gasteiger partial charge in [-0.1, -0.05) is 25.1 Å². The average molecular weight is 361 g/mol. The number of ether oxygens (including phenoxy) is 1. The highest BCUT2D eigenvalue weighted by Gasteiger charge is 2.13. The van der Waals surface area contributed by atoms with Crippen molar-refractivity contribution in [3.8, 4) is 5.75 Å². The van der Waals surface area contributed by atoms with Crippen molar-refractivity contribution in [3.05, 3.63) is 58.9 Å². The zero-order chi connectivity index (χ0) is 18.4. The van der Waals surface area contributed by atoms with E-state index in [2.05, 4.69) is 16.2 Å². The second-order valence-corrected chi connectivity index (χ2v) is 5.75. The third-order valence-electron chi connectivity index (χ3n) is 3.69. The zero-order valence-corrected chi connectivity index (χ0v) is 15.1. The van der Waals surface area contributed by atoms with Crippen molar-refractivity contribution in [2.75, 3.05) is 12.4 Å². The summed E-state index contributed by atoms with van der Waals surface area (Å²) in [5, 5.41) is 3.28. The number of thiocarbonyl (C=S) groups is 1. The fourth-order valence-electron chi connectivity index (χ4n) is 2.33. The van der Waals surface area contributed by atoms with Crippen molar-refractivity contribution in [1.29, 1.82) is 0 Å². The first-order valence-electron chi connectivity index (χ1n) is 7.75. The molecule has 0 aliphatic heterocycles. The minimum atomic E-state index is -0.676. The molecule has 3 N–H and O–H groups in total. The summed E-state index contributed by atoms with van der Waals surface area (Å²) in [5.74, 6) is -0.972. The second kappa shape index (κ2) is 8.43. The van der Waals surface area contributed by atoms with Crippen LogP contribution in [0.5, 0.6) is 5.75 Å². The number of hydrazine groups is 1. The molecule has 0 saturated carbocycles. The van der Waals surface area contributed by atoms with Crippen molar-refractivity contribution in [3.63, 3.8) is 0 Å². The number of amides is 1. The number of hydrogen-bond donors (Lipinski definition) is 3. The van der Waals surface area contributed by atoms with Crippen LogP contribution >= 0.6 is 12.2 Å². The van der Waals surface area contributed by atoms with Gasteiger partial charge in [0, 0.05) is 11.8 Å². The van der Waals surface area contributed by atoms with E-state index in [1.165, 1.54) is 19.2 Å². The summed E-state index contributed by atoms with van der Waals surface area (Å²) in [5.41, 5.74) is 7.90. The van der Waals surface area contributed by atoms with Gasteiger partial charge in [0.15, 0.2) is 5.11 Å². The number of anilines is 1. The lowest BCUT2D eigenvalue weighted by Gasteiger charge is -2.16. The molecule has 132 valence electrons. The highest BCUT2D eigenvalue weighted by molar-refractivity contribution is 7.80. The van der Waals surface area contributed by atoms with Gasteiger partial charge in [-0.05, 0) is 48.8 Å². The Morgan fingerprint density at radius 3 is 2.64 bits per heavy atom. The molecule has 5 nitrogen and oxygen atoms in total. The number of rotatable bonds is 4. The molecule has 2 aromatic rings. The van der Waals surface area contributed by atoms with Gasteiger partial charge in [-0.2, -0.15) is 0 Å². The van der Waals surface area contributed by atoms with Crippen LogP contribution in [0.25, 0.3) is 0 Å². The fourth-order valence-corrected chi connectivity index (χ4v) is 2.49. The fraction of sp³-hybridized carbons (Fsp3) is 0.222. The van der Waals surface area contributed by atoms with E-state index in [-0.39, 0.29) is 10.7 Å². The first-order chi connectivity index (χ1) is 12.0. The lowest BCUT2D eigenvalue weighted by Crippen LogP contribution is -2.44. The van der Waals surface area contributed by atoms with Crippen LogP contribution in [0.3, 0.4) is 0 Å². The van der Waals surface area contributed by atoms with E-state index in [0.29, 0.717) is 5.75 Å². The van der Waals surface area contributed by atoms with Gasteiger partial charge in [0.2, 0.25) is 0 Å². The Labute approximate surface area is 151 Å². The van der Waals surface area contributed by atoms with Crippen LogP contribution in [0, 0.1) is 12.7 Å². The number of para-hydroxylation sites is 1. The van der Waals surface area contributed by atoms with Gasteiger partial charge in [-0.25, -0.2) is 4.39 Å². The summed E-state index contributed by atoms with van der Waals surface area (Å²) in [6.07, 6.45) is 0.843. The molecular weight excluding hydrogens is 341 g/mol. The molecule has 1 amide bonds. The van der Waals surface area contributed by atoms with Gasteiger partial charge >= 0.3 is 0 Å². The summed E-state index contributed by atoms with van der Waals surface area (Å²) in [7, 11) is 1.43. The Morgan fingerprint density at radius 2 is 2.00 bits per heavy atom. The normalized spacial score (nSPS) is 10.1. The first kappa shape index (κ1) is 18.7. The van der Waals surface area contributed by atoms with Gasteiger partial charge in [0.05, 0.1) is 12.7 Å². The minimum Gasteiger partial charge on any atom is -0.497 e. The molecule has 0 unspecified atom stereocenters. The Kier molecular flexibility index (Phi) is 6.30. The molecule has 0 atom stereocenters. The third kappa shape index (κ3) is 4.67. The van der Waals surface area contributed by atoms with Gasteiger partial charge in [-0.3, -0.25) is 15.6 Å². The van der Waals surface area contributed by atoms with Gasteiger partial charge < -0.3 is 10.1 Å². The number of halogens is 1. The third-order valence-corrected chi connectivity index (χ3v) is 3.89. The van der Waals surface area contributed by atoms with Gasteiger partial charge in [0.1, 0.15) is 11.6 Å². The Morgan fingerprint density at radius 1 is 1.24 bits per heavy atom. The number of aryl methyl sites for hydroxylation is 2. The van der Waals surface area contributed by atoms with Crippen LogP contribution in [-0.4, -0.2) is 18.1 Å². The van der Waals surface area contributed by atoms with E-state index >= 15 is 0 Å². The number of carbonyl (C=O) groups is 1. The molecule has 0 aromatic heterocycles. The molecule has 25 heavy (non-hydrogen) atoms. The molecule has 2 rings (SSSR count). The topological polar surface area (TPSA) is 62.4 Å². The molecule has 0 spiro atoms. The number of hydrogen-bond acceptors (Lipinski definition) is 3. The molecule has 0 fully saturated rings. The van der Waals surface area contributed by atoms with Gasteiger partial charge in [-0.15, -0.1) is 0 Å². The molecular formula is C18H20FN3O2S. The smallest absolute Gasteiger partial charge is 0.272 e. The monoisotopic (exact) mass is 361 g/mol. The molecule has 0 heterocycles. The number of carbonyl (C=O) groups excluding carboxylic acids is 1. The van der Waals surface area contributed by atoms with Gasteiger partial charge in [0.25, 0.3) is 5.91 Å². The summed E-state index contributed by atoms with van der Waals surface area (Å²) >= 11 is 5.19. The van der Waals surface area contributed by atoms with E-state index in [4.69, 9.17) is 17.0 Å². The highest BCUT2D eigenvalue weighted by Crippen LogP contribution is 2.21. The SMILES string of the molecule is CCc1cccc(C)c1NC(=S)NNC(=O)c1ccc(OC)cc1F. The van der Waals surface area contributed by atoms with Crippen LogP contribution in [0.2, 0.25) is 0 Å². The Bertz CT molecular complexity index is 796. The Hall–Kier alpha value is -2.67. The van der Waals surface area contributed by atoms with Crippen molar-refractivity contribution >= 4 is 28.9 Å². The van der Waals surface area contributed by atoms with Crippen LogP contribution < -0.4 is 20.9 Å². The van der Waals surface area contributed by atoms with Crippen molar-refractivity contribution < 1.29 is 13.9 Å². The number of benzene rings is 2. The molecule has 0 radical (unpaired) electrons. The molecule has 2 aromatic carbocycles. The summed E-state index contributed by atoms with van der Waals surface area (Å²) in [6, 6.07) is 9.95. The largest absolute Gasteiger partial charge is 0.497 e. The standard InChI is InChI=1S/C18H20FN3O2S/c1-4-12-7-5-6-11(2)16(12)20-18(25)22-21-17(23)14-9-8-13(24-3)10-15(14)19/h5-10H,4H2,1-3H3,(H,21,23)(H2,20,22,25). The average Bonchev–Trinajstić information content (AvgIpc) is 2.61. The van der Waals surface area contributed by atoms with Crippen molar-refractivity contribution in [1.82, 2.24) is 10.9 Å². The second-order valence-electron chi connectivity index (χ2n) is 5.34. The zero-order valence-electron chi connectivity index (χ0n) is 14.3. The van der Waals surface area contributed by atoms with E-state index in [0.717, 1.165) is 29.3 Å². The summed E-state index contributed by atoms with van der Waals surface area (Å²) in [4.78, 5) is 12.1. The van der Waals surface area contributed by atoms with Crippen molar-refractivity contribution in [2.45, 2.75) is 20.3 Å². The highest BCUT2D eigenvalue weighted by atomic mass is 32.1. The summed E-state index contributed by atoms with van der Waals surface area (Å²) in [6.45, 7) is 4.01. The molecule has 0 saturated heterocycles. The summed E-state index contributed by atoms with van der Waals surface area (Å²) < 4.78 is 18.8. The van der Waals surface area contributed by atoms with E-state index in [1.807, 2.05) is 32.0 Å². The van der Waals surface area contributed by atoms with Crippen LogP contribution in [0.1, 0.15) is 28.4 Å². The van der Waals surface area contributed by atoms with Crippen LogP contribution in [-0.2, 0) is 6.42 Å². The lowest BCUT2D eigenvalue weighted by atomic mass is 10.1. The first-order valence-corrected chi connectivity index (χ1v) is 8.16. The van der Waals surface area contributed by atoms with Crippen LogP contribution in [0.15, 0.2) is 36.4 Å². The lowest BCUT2D eigenvalue weighted by molar-refractivity contribution is 0.0940. The predicted molar refractivity (Wildman–Crippen MR) is 100 cm³/mol.